The number of phenols is 1. The Morgan fingerprint density at radius 2 is 2.32 bits per heavy atom. The Balaban J connectivity index is 1.87. The molecule has 1 fully saturated rings. The number of piperidine rings is 1. The molecule has 1 saturated heterocycles. The molecule has 0 aliphatic carbocycles. The first-order valence-electron chi connectivity index (χ1n) is 6.56. The molecule has 0 spiro atoms. The van der Waals surface area contributed by atoms with Crippen LogP contribution < -0.4 is 10.6 Å². The number of benzene rings is 1. The van der Waals surface area contributed by atoms with Crippen molar-refractivity contribution in [2.45, 2.75) is 25.8 Å². The molecule has 1 aliphatic heterocycles. The Labute approximate surface area is 112 Å². The minimum absolute atomic E-state index is 0.110. The van der Waals surface area contributed by atoms with Gasteiger partial charge in [-0.15, -0.1) is 0 Å². The highest BCUT2D eigenvalue weighted by Crippen LogP contribution is 2.18. The summed E-state index contributed by atoms with van der Waals surface area (Å²) in [6.45, 7) is 3.59. The van der Waals surface area contributed by atoms with Crippen molar-refractivity contribution in [3.8, 4) is 5.75 Å². The quantitative estimate of drug-likeness (QED) is 0.779. The van der Waals surface area contributed by atoms with Gasteiger partial charge in [0.15, 0.2) is 0 Å². The van der Waals surface area contributed by atoms with Crippen LogP contribution in [-0.4, -0.2) is 30.1 Å². The van der Waals surface area contributed by atoms with Crippen molar-refractivity contribution in [2.75, 3.05) is 13.1 Å². The third-order valence-electron chi connectivity index (χ3n) is 3.52. The van der Waals surface area contributed by atoms with Gasteiger partial charge >= 0.3 is 0 Å². The second-order valence-electron chi connectivity index (χ2n) is 5.12. The first kappa shape index (κ1) is 13.8. The van der Waals surface area contributed by atoms with Crippen LogP contribution in [-0.2, 0) is 0 Å². The molecule has 1 aromatic rings. The molecule has 0 bridgehead atoms. The van der Waals surface area contributed by atoms with Crippen LogP contribution in [0.2, 0.25) is 0 Å². The average molecular weight is 266 g/mol. The fourth-order valence-corrected chi connectivity index (χ4v) is 2.26. The minimum Gasteiger partial charge on any atom is -0.507 e. The third-order valence-corrected chi connectivity index (χ3v) is 3.52. The molecule has 5 heteroatoms. The van der Waals surface area contributed by atoms with E-state index in [-0.39, 0.29) is 17.2 Å². The van der Waals surface area contributed by atoms with Crippen LogP contribution in [0.25, 0.3) is 0 Å². The van der Waals surface area contributed by atoms with Crippen LogP contribution in [0.5, 0.6) is 5.75 Å². The van der Waals surface area contributed by atoms with Gasteiger partial charge in [-0.25, -0.2) is 4.39 Å². The summed E-state index contributed by atoms with van der Waals surface area (Å²) in [5.74, 6) is -0.841. The first-order valence-corrected chi connectivity index (χ1v) is 6.56. The molecule has 2 atom stereocenters. The van der Waals surface area contributed by atoms with Crippen LogP contribution in [0, 0.1) is 11.7 Å². The average Bonchev–Trinajstić information content (AvgIpc) is 2.37. The van der Waals surface area contributed by atoms with Gasteiger partial charge in [-0.3, -0.25) is 4.79 Å². The maximum atomic E-state index is 12.8. The molecule has 4 nitrogen and oxygen atoms in total. The second kappa shape index (κ2) is 6.02. The number of hydrogen-bond acceptors (Lipinski definition) is 3. The first-order chi connectivity index (χ1) is 9.06. The number of nitrogens with one attached hydrogen (secondary N) is 2. The zero-order chi connectivity index (χ0) is 13.8. The molecule has 1 amide bonds. The Hall–Kier alpha value is -1.62. The lowest BCUT2D eigenvalue weighted by atomic mass is 9.95. The third kappa shape index (κ3) is 3.67. The highest BCUT2D eigenvalue weighted by molar-refractivity contribution is 5.96. The van der Waals surface area contributed by atoms with Crippen LogP contribution in [0.4, 0.5) is 4.39 Å². The van der Waals surface area contributed by atoms with Crippen molar-refractivity contribution < 1.29 is 14.3 Å². The monoisotopic (exact) mass is 266 g/mol. The molecule has 104 valence electrons. The van der Waals surface area contributed by atoms with Gasteiger partial charge in [0, 0.05) is 18.7 Å². The van der Waals surface area contributed by atoms with E-state index >= 15 is 0 Å². The molecule has 2 rings (SSSR count). The standard InChI is InChI=1S/C14H19FN2O2/c1-9-2-3-10(7-16-9)8-17-14(19)12-5-4-11(15)6-13(12)18/h4-6,9-10,16,18H,2-3,7-8H2,1H3,(H,17,19). The fourth-order valence-electron chi connectivity index (χ4n) is 2.26. The van der Waals surface area contributed by atoms with E-state index < -0.39 is 5.82 Å². The van der Waals surface area contributed by atoms with E-state index in [0.717, 1.165) is 25.5 Å². The Bertz CT molecular complexity index is 457. The number of rotatable bonds is 3. The van der Waals surface area contributed by atoms with Gasteiger partial charge in [0.05, 0.1) is 5.56 Å². The summed E-state index contributed by atoms with van der Waals surface area (Å²) in [6, 6.07) is 3.94. The maximum Gasteiger partial charge on any atom is 0.255 e. The minimum atomic E-state index is -0.556. The summed E-state index contributed by atoms with van der Waals surface area (Å²) in [7, 11) is 0. The number of carbonyl (C=O) groups is 1. The van der Waals surface area contributed by atoms with Gasteiger partial charge in [-0.2, -0.15) is 0 Å². The van der Waals surface area contributed by atoms with Gasteiger partial charge < -0.3 is 15.7 Å². The molecule has 3 N–H and O–H groups in total. The Kier molecular flexibility index (Phi) is 4.37. The lowest BCUT2D eigenvalue weighted by Crippen LogP contribution is -2.41. The molecule has 1 aliphatic rings. The van der Waals surface area contributed by atoms with Crippen molar-refractivity contribution in [3.05, 3.63) is 29.6 Å². The molecule has 19 heavy (non-hydrogen) atoms. The molecule has 0 saturated carbocycles. The van der Waals surface area contributed by atoms with Crippen LogP contribution in [0.1, 0.15) is 30.1 Å². The van der Waals surface area contributed by atoms with E-state index in [1.807, 2.05) is 0 Å². The fraction of sp³-hybridized carbons (Fsp3) is 0.500. The summed E-state index contributed by atoms with van der Waals surface area (Å²) in [4.78, 5) is 11.9. The summed E-state index contributed by atoms with van der Waals surface area (Å²) in [5, 5.41) is 15.7. The highest BCUT2D eigenvalue weighted by Gasteiger charge is 2.19. The summed E-state index contributed by atoms with van der Waals surface area (Å²) in [6.07, 6.45) is 2.17. The maximum absolute atomic E-state index is 12.8. The predicted molar refractivity (Wildman–Crippen MR) is 70.6 cm³/mol. The van der Waals surface area contributed by atoms with E-state index in [2.05, 4.69) is 17.6 Å². The molecule has 1 aromatic carbocycles. The molecular formula is C14H19FN2O2. The Morgan fingerprint density at radius 3 is 2.95 bits per heavy atom. The highest BCUT2D eigenvalue weighted by atomic mass is 19.1. The number of aromatic hydroxyl groups is 1. The lowest BCUT2D eigenvalue weighted by molar-refractivity contribution is 0.0941. The largest absolute Gasteiger partial charge is 0.507 e. The summed E-state index contributed by atoms with van der Waals surface area (Å²) in [5.41, 5.74) is 0.110. The number of amides is 1. The van der Waals surface area contributed by atoms with E-state index in [1.165, 1.54) is 12.1 Å². The summed E-state index contributed by atoms with van der Waals surface area (Å²) < 4.78 is 12.8. The number of halogens is 1. The van der Waals surface area contributed by atoms with E-state index in [1.54, 1.807) is 0 Å². The van der Waals surface area contributed by atoms with Gasteiger partial charge in [0.2, 0.25) is 0 Å². The molecule has 0 radical (unpaired) electrons. The molecule has 0 aromatic heterocycles. The van der Waals surface area contributed by atoms with Crippen molar-refractivity contribution in [1.29, 1.82) is 0 Å². The normalized spacial score (nSPS) is 23.1. The van der Waals surface area contributed by atoms with E-state index in [0.29, 0.717) is 18.5 Å². The zero-order valence-corrected chi connectivity index (χ0v) is 10.9. The van der Waals surface area contributed by atoms with Gasteiger partial charge in [0.1, 0.15) is 11.6 Å². The molecular weight excluding hydrogens is 247 g/mol. The van der Waals surface area contributed by atoms with Gasteiger partial charge in [-0.05, 0) is 44.4 Å². The topological polar surface area (TPSA) is 61.4 Å². The summed E-state index contributed by atoms with van der Waals surface area (Å²) >= 11 is 0. The second-order valence-corrected chi connectivity index (χ2v) is 5.12. The number of carbonyl (C=O) groups excluding carboxylic acids is 1. The van der Waals surface area contributed by atoms with E-state index in [4.69, 9.17) is 0 Å². The predicted octanol–water partition coefficient (Wildman–Crippen LogP) is 1.65. The number of phenolic OH excluding ortho intramolecular Hbond substituents is 1. The van der Waals surface area contributed by atoms with Gasteiger partial charge in [0.25, 0.3) is 5.91 Å². The van der Waals surface area contributed by atoms with Crippen LogP contribution >= 0.6 is 0 Å². The molecule has 2 unspecified atom stereocenters. The smallest absolute Gasteiger partial charge is 0.255 e. The zero-order valence-electron chi connectivity index (χ0n) is 10.9. The van der Waals surface area contributed by atoms with Crippen molar-refractivity contribution >= 4 is 5.91 Å². The van der Waals surface area contributed by atoms with E-state index in [9.17, 15) is 14.3 Å². The molecule has 1 heterocycles. The van der Waals surface area contributed by atoms with Crippen LogP contribution in [0.15, 0.2) is 18.2 Å². The van der Waals surface area contributed by atoms with Crippen LogP contribution in [0.3, 0.4) is 0 Å². The Morgan fingerprint density at radius 1 is 1.53 bits per heavy atom. The van der Waals surface area contributed by atoms with Crippen molar-refractivity contribution in [1.82, 2.24) is 10.6 Å². The lowest BCUT2D eigenvalue weighted by Gasteiger charge is -2.27. The number of hydrogen-bond donors (Lipinski definition) is 3. The van der Waals surface area contributed by atoms with Crippen molar-refractivity contribution in [3.63, 3.8) is 0 Å². The van der Waals surface area contributed by atoms with Crippen molar-refractivity contribution in [2.24, 2.45) is 5.92 Å². The SMILES string of the molecule is CC1CCC(CNC(=O)c2ccc(F)cc2O)CN1. The van der Waals surface area contributed by atoms with Gasteiger partial charge in [-0.1, -0.05) is 0 Å².